The maximum Gasteiger partial charge on any atom is 0.253 e. The van der Waals surface area contributed by atoms with E-state index in [1.807, 2.05) is 45.1 Å². The van der Waals surface area contributed by atoms with Crippen molar-refractivity contribution in [2.24, 2.45) is 16.9 Å². The fraction of sp³-hybridized carbons (Fsp3) is 0.667. The summed E-state index contributed by atoms with van der Waals surface area (Å²) in [7, 11) is 0. The number of carbonyl (C=O) groups excluding carboxylic acids is 1. The standard InChI is InChI=1S/C24H38N4O2/c1-4-21-6-5-7-22(23(21)27-26-18(2)3)24(29)25-16-19-8-12-28(13-9-19)17-20-10-14-30-15-11-20/h4-7,18-20,26H,8-17H2,1-3H3,(H,25,29)/b21-4-,27-23+. The maximum absolute atomic E-state index is 12.9. The van der Waals surface area contributed by atoms with Gasteiger partial charge in [0.05, 0.1) is 5.57 Å². The third kappa shape index (κ3) is 6.54. The predicted molar refractivity (Wildman–Crippen MR) is 122 cm³/mol. The van der Waals surface area contributed by atoms with Gasteiger partial charge in [0.15, 0.2) is 0 Å². The largest absolute Gasteiger partial charge is 0.381 e. The van der Waals surface area contributed by atoms with E-state index < -0.39 is 0 Å². The van der Waals surface area contributed by atoms with Gasteiger partial charge >= 0.3 is 0 Å². The molecular formula is C24H38N4O2. The van der Waals surface area contributed by atoms with Gasteiger partial charge in [0.25, 0.3) is 5.91 Å². The first-order valence-corrected chi connectivity index (χ1v) is 11.5. The smallest absolute Gasteiger partial charge is 0.253 e. The van der Waals surface area contributed by atoms with Crippen LogP contribution in [0.2, 0.25) is 0 Å². The van der Waals surface area contributed by atoms with Crippen LogP contribution in [0.25, 0.3) is 0 Å². The number of nitrogens with one attached hydrogen (secondary N) is 2. The number of amides is 1. The Hall–Kier alpha value is -1.92. The monoisotopic (exact) mass is 414 g/mol. The fourth-order valence-corrected chi connectivity index (χ4v) is 4.30. The molecule has 0 atom stereocenters. The molecule has 6 nitrogen and oxygen atoms in total. The molecule has 2 fully saturated rings. The summed E-state index contributed by atoms with van der Waals surface area (Å²) in [5.41, 5.74) is 5.41. The average Bonchev–Trinajstić information content (AvgIpc) is 2.77. The van der Waals surface area contributed by atoms with E-state index in [0.29, 0.717) is 11.5 Å². The molecule has 166 valence electrons. The second-order valence-electron chi connectivity index (χ2n) is 8.94. The molecule has 3 aliphatic rings. The summed E-state index contributed by atoms with van der Waals surface area (Å²) in [6, 6.07) is 0.220. The highest BCUT2D eigenvalue weighted by Gasteiger charge is 2.25. The molecule has 2 N–H and O–H groups in total. The van der Waals surface area contributed by atoms with E-state index in [4.69, 9.17) is 4.74 Å². The zero-order valence-electron chi connectivity index (χ0n) is 18.8. The van der Waals surface area contributed by atoms with Gasteiger partial charge in [0, 0.05) is 32.3 Å². The quantitative estimate of drug-likeness (QED) is 0.629. The minimum absolute atomic E-state index is 0.0346. The summed E-state index contributed by atoms with van der Waals surface area (Å²) in [6.45, 7) is 12.1. The van der Waals surface area contributed by atoms with E-state index in [9.17, 15) is 4.79 Å². The van der Waals surface area contributed by atoms with Crippen molar-refractivity contribution < 1.29 is 9.53 Å². The summed E-state index contributed by atoms with van der Waals surface area (Å²) in [6.07, 6.45) is 12.5. The van der Waals surface area contributed by atoms with E-state index in [2.05, 4.69) is 20.7 Å². The summed E-state index contributed by atoms with van der Waals surface area (Å²) < 4.78 is 5.48. The van der Waals surface area contributed by atoms with Crippen LogP contribution < -0.4 is 10.7 Å². The van der Waals surface area contributed by atoms with Gasteiger partial charge in [-0.3, -0.25) is 4.79 Å². The van der Waals surface area contributed by atoms with Gasteiger partial charge in [-0.25, -0.2) is 0 Å². The van der Waals surface area contributed by atoms with Crippen molar-refractivity contribution in [1.29, 1.82) is 0 Å². The molecule has 30 heavy (non-hydrogen) atoms. The molecule has 2 heterocycles. The van der Waals surface area contributed by atoms with Crippen molar-refractivity contribution in [3.05, 3.63) is 35.5 Å². The molecule has 3 rings (SSSR count). The molecule has 1 amide bonds. The normalized spacial score (nSPS) is 24.5. The van der Waals surface area contributed by atoms with Gasteiger partial charge in [-0.2, -0.15) is 5.10 Å². The van der Waals surface area contributed by atoms with E-state index in [1.54, 1.807) is 0 Å². The molecule has 2 saturated heterocycles. The third-order valence-electron chi connectivity index (χ3n) is 6.17. The van der Waals surface area contributed by atoms with Gasteiger partial charge in [-0.05, 0) is 83.0 Å². The van der Waals surface area contributed by atoms with Crippen molar-refractivity contribution >= 4 is 11.6 Å². The lowest BCUT2D eigenvalue weighted by atomic mass is 9.93. The number of ether oxygens (including phenoxy) is 1. The van der Waals surface area contributed by atoms with Crippen LogP contribution >= 0.6 is 0 Å². The first kappa shape index (κ1) is 22.8. The van der Waals surface area contributed by atoms with Gasteiger partial charge in [-0.15, -0.1) is 0 Å². The number of nitrogens with zero attached hydrogens (tertiary/aromatic N) is 2. The molecule has 0 aromatic heterocycles. The van der Waals surface area contributed by atoms with E-state index >= 15 is 0 Å². The second-order valence-corrected chi connectivity index (χ2v) is 8.94. The Morgan fingerprint density at radius 3 is 2.63 bits per heavy atom. The molecule has 0 spiro atoms. The Kier molecular flexibility index (Phi) is 8.70. The number of hydrazone groups is 1. The van der Waals surface area contributed by atoms with E-state index in [1.165, 1.54) is 19.4 Å². The first-order chi connectivity index (χ1) is 14.6. The van der Waals surface area contributed by atoms with Crippen LogP contribution in [0.1, 0.15) is 46.5 Å². The Bertz CT molecular complexity index is 694. The number of hydrogen-bond donors (Lipinski definition) is 2. The Labute approximate surface area is 181 Å². The fourth-order valence-electron chi connectivity index (χ4n) is 4.30. The molecule has 0 unspecified atom stereocenters. The minimum atomic E-state index is -0.0346. The molecule has 0 radical (unpaired) electrons. The SMILES string of the molecule is C/C=C1/C=CC=C(C(=O)NCC2CCN(CC3CCOCC3)CC2)/C1=N/NC(C)C. The Balaban J connectivity index is 1.47. The molecule has 0 aromatic rings. The number of hydrogen-bond acceptors (Lipinski definition) is 5. The number of piperidine rings is 1. The number of rotatable bonds is 7. The third-order valence-corrected chi connectivity index (χ3v) is 6.17. The average molecular weight is 415 g/mol. The van der Waals surface area contributed by atoms with Crippen molar-refractivity contribution in [2.45, 2.75) is 52.5 Å². The second kappa shape index (κ2) is 11.5. The molecule has 6 heteroatoms. The molecule has 0 saturated carbocycles. The highest BCUT2D eigenvalue weighted by Crippen LogP contribution is 2.22. The van der Waals surface area contributed by atoms with E-state index in [0.717, 1.165) is 62.9 Å². The Morgan fingerprint density at radius 2 is 1.97 bits per heavy atom. The van der Waals surface area contributed by atoms with Crippen LogP contribution in [0.4, 0.5) is 0 Å². The van der Waals surface area contributed by atoms with Crippen LogP contribution in [-0.2, 0) is 9.53 Å². The van der Waals surface area contributed by atoms with Crippen molar-refractivity contribution in [3.8, 4) is 0 Å². The Morgan fingerprint density at radius 1 is 1.23 bits per heavy atom. The van der Waals surface area contributed by atoms with E-state index in [-0.39, 0.29) is 11.9 Å². The highest BCUT2D eigenvalue weighted by atomic mass is 16.5. The van der Waals surface area contributed by atoms with Crippen LogP contribution in [0.15, 0.2) is 40.6 Å². The molecule has 0 aromatic carbocycles. The molecule has 0 bridgehead atoms. The van der Waals surface area contributed by atoms with Gasteiger partial charge in [0.1, 0.15) is 5.71 Å². The summed E-state index contributed by atoms with van der Waals surface area (Å²) in [4.78, 5) is 15.5. The van der Waals surface area contributed by atoms with Crippen LogP contribution in [0.3, 0.4) is 0 Å². The first-order valence-electron chi connectivity index (χ1n) is 11.5. The van der Waals surface area contributed by atoms with Crippen molar-refractivity contribution in [2.75, 3.05) is 39.4 Å². The number of carbonyl (C=O) groups is 1. The lowest BCUT2D eigenvalue weighted by molar-refractivity contribution is -0.117. The summed E-state index contributed by atoms with van der Waals surface area (Å²) >= 11 is 0. The van der Waals surface area contributed by atoms with Crippen LogP contribution in [0.5, 0.6) is 0 Å². The van der Waals surface area contributed by atoms with Crippen LogP contribution in [0, 0.1) is 11.8 Å². The van der Waals surface area contributed by atoms with Crippen LogP contribution in [-0.4, -0.2) is 62.0 Å². The van der Waals surface area contributed by atoms with Crippen molar-refractivity contribution in [3.63, 3.8) is 0 Å². The summed E-state index contributed by atoms with van der Waals surface area (Å²) in [5.74, 6) is 1.31. The maximum atomic E-state index is 12.9. The highest BCUT2D eigenvalue weighted by molar-refractivity contribution is 6.29. The van der Waals surface area contributed by atoms with Gasteiger partial charge < -0.3 is 20.4 Å². The summed E-state index contributed by atoms with van der Waals surface area (Å²) in [5, 5.41) is 7.67. The molecular weight excluding hydrogens is 376 g/mol. The topological polar surface area (TPSA) is 66.0 Å². The van der Waals surface area contributed by atoms with Crippen molar-refractivity contribution in [1.82, 2.24) is 15.6 Å². The predicted octanol–water partition coefficient (Wildman–Crippen LogP) is 3.04. The lowest BCUT2D eigenvalue weighted by Crippen LogP contribution is -2.42. The minimum Gasteiger partial charge on any atom is -0.381 e. The van der Waals surface area contributed by atoms with Gasteiger partial charge in [-0.1, -0.05) is 18.2 Å². The molecule has 1 aliphatic carbocycles. The molecule has 2 aliphatic heterocycles. The number of allylic oxidation sites excluding steroid dienone is 5. The number of likely N-dealkylation sites (tertiary alicyclic amines) is 1. The zero-order chi connectivity index (χ0) is 21.3. The lowest BCUT2D eigenvalue weighted by Gasteiger charge is -2.35. The van der Waals surface area contributed by atoms with Gasteiger partial charge in [0.2, 0.25) is 0 Å². The zero-order valence-corrected chi connectivity index (χ0v) is 18.8.